The third-order valence-corrected chi connectivity index (χ3v) is 8.42. The molecular weight excluding hydrogens is 426 g/mol. The minimum atomic E-state index is -3.39. The average Bonchev–Trinajstić information content (AvgIpc) is 3.45. The van der Waals surface area contributed by atoms with Crippen LogP contribution in [0, 0.1) is 6.92 Å². The van der Waals surface area contributed by atoms with Crippen LogP contribution in [0.25, 0.3) is 11.3 Å². The van der Waals surface area contributed by atoms with Crippen molar-refractivity contribution < 1.29 is 8.42 Å². The maximum Gasteiger partial charge on any atom is 0.243 e. The molecule has 0 atom stereocenters. The van der Waals surface area contributed by atoms with E-state index in [9.17, 15) is 8.42 Å². The largest absolute Gasteiger partial charge is 0.316 e. The molecule has 2 heterocycles. The van der Waals surface area contributed by atoms with E-state index in [2.05, 4.69) is 35.9 Å². The fourth-order valence-electron chi connectivity index (χ4n) is 3.79. The molecule has 1 aliphatic heterocycles. The summed E-state index contributed by atoms with van der Waals surface area (Å²) in [6.07, 6.45) is 4.04. The first kappa shape index (κ1) is 22.0. The Balaban J connectivity index is 1.69. The first-order valence-corrected chi connectivity index (χ1v) is 13.2. The number of thiazole rings is 1. The van der Waals surface area contributed by atoms with Gasteiger partial charge in [0.15, 0.2) is 4.80 Å². The number of aryl methyl sites for hydroxylation is 1. The van der Waals surface area contributed by atoms with Crippen molar-refractivity contribution in [2.45, 2.75) is 51.0 Å². The SMILES string of the molecule is CCCCn1c(-c2ccc(S(=O)(=O)N3CCCC3)cc2)csc1=Nc1ccc(C)cc1. The number of hydrogen-bond acceptors (Lipinski definition) is 4. The van der Waals surface area contributed by atoms with E-state index in [-0.39, 0.29) is 0 Å². The van der Waals surface area contributed by atoms with Crippen LogP contribution in [0.3, 0.4) is 0 Å². The van der Waals surface area contributed by atoms with Gasteiger partial charge in [-0.3, -0.25) is 0 Å². The molecule has 0 N–H and O–H groups in total. The summed E-state index contributed by atoms with van der Waals surface area (Å²) in [4.78, 5) is 6.20. The van der Waals surface area contributed by atoms with Gasteiger partial charge in [-0.2, -0.15) is 4.31 Å². The summed E-state index contributed by atoms with van der Waals surface area (Å²) in [7, 11) is -3.39. The summed E-state index contributed by atoms with van der Waals surface area (Å²) in [5.41, 5.74) is 4.25. The second-order valence-corrected chi connectivity index (χ2v) is 10.8. The highest BCUT2D eigenvalue weighted by Crippen LogP contribution is 2.26. The van der Waals surface area contributed by atoms with Crippen LogP contribution >= 0.6 is 11.3 Å². The van der Waals surface area contributed by atoms with Crippen LogP contribution in [-0.4, -0.2) is 30.4 Å². The fourth-order valence-corrected chi connectivity index (χ4v) is 6.26. The summed E-state index contributed by atoms with van der Waals surface area (Å²) in [5, 5.41) is 2.12. The molecule has 5 nitrogen and oxygen atoms in total. The zero-order chi connectivity index (χ0) is 21.8. The standard InChI is InChI=1S/C24H29N3O2S2/c1-3-4-17-27-23(18-30-24(27)25-21-11-7-19(2)8-12-21)20-9-13-22(14-10-20)31(28,29)26-15-5-6-16-26/h7-14,18H,3-6,15-17H2,1-2H3. The van der Waals surface area contributed by atoms with Crippen molar-refractivity contribution in [3.63, 3.8) is 0 Å². The Labute approximate surface area is 188 Å². The van der Waals surface area contributed by atoms with Gasteiger partial charge in [0.05, 0.1) is 16.3 Å². The Morgan fingerprint density at radius 2 is 1.68 bits per heavy atom. The lowest BCUT2D eigenvalue weighted by atomic mass is 10.1. The third-order valence-electron chi connectivity index (χ3n) is 5.64. The van der Waals surface area contributed by atoms with Crippen molar-refractivity contribution in [2.75, 3.05) is 13.1 Å². The number of sulfonamides is 1. The van der Waals surface area contributed by atoms with Crippen molar-refractivity contribution in [1.29, 1.82) is 0 Å². The molecule has 3 aromatic rings. The lowest BCUT2D eigenvalue weighted by molar-refractivity contribution is 0.477. The number of aromatic nitrogens is 1. The van der Waals surface area contributed by atoms with E-state index in [1.807, 2.05) is 24.3 Å². The molecule has 0 unspecified atom stereocenters. The summed E-state index contributed by atoms with van der Waals surface area (Å²) >= 11 is 1.62. The average molecular weight is 456 g/mol. The molecule has 0 bridgehead atoms. The van der Waals surface area contributed by atoms with Crippen molar-refractivity contribution in [2.24, 2.45) is 4.99 Å². The van der Waals surface area contributed by atoms with Gasteiger partial charge in [0, 0.05) is 25.0 Å². The van der Waals surface area contributed by atoms with Crippen molar-refractivity contribution in [1.82, 2.24) is 8.87 Å². The van der Waals surface area contributed by atoms with Crippen LogP contribution in [0.1, 0.15) is 38.2 Å². The molecule has 4 rings (SSSR count). The summed E-state index contributed by atoms with van der Waals surface area (Å²) in [5.74, 6) is 0. The van der Waals surface area contributed by atoms with Crippen LogP contribution in [0.4, 0.5) is 5.69 Å². The first-order chi connectivity index (χ1) is 15.0. The monoisotopic (exact) mass is 455 g/mol. The Kier molecular flexibility index (Phi) is 6.74. The van der Waals surface area contributed by atoms with Crippen LogP contribution in [0.2, 0.25) is 0 Å². The molecule has 0 amide bonds. The van der Waals surface area contributed by atoms with Gasteiger partial charge in [-0.15, -0.1) is 11.3 Å². The normalized spacial score (nSPS) is 15.6. The van der Waals surface area contributed by atoms with Crippen LogP contribution in [-0.2, 0) is 16.6 Å². The van der Waals surface area contributed by atoms with E-state index >= 15 is 0 Å². The van der Waals surface area contributed by atoms with Gasteiger partial charge in [0.2, 0.25) is 10.0 Å². The molecule has 1 aliphatic rings. The molecule has 1 fully saturated rings. The Bertz CT molecular complexity index is 1180. The summed E-state index contributed by atoms with van der Waals surface area (Å²) < 4.78 is 29.5. The van der Waals surface area contributed by atoms with E-state index < -0.39 is 10.0 Å². The van der Waals surface area contributed by atoms with Gasteiger partial charge < -0.3 is 4.57 Å². The molecule has 31 heavy (non-hydrogen) atoms. The van der Waals surface area contributed by atoms with E-state index in [0.717, 1.165) is 54.0 Å². The second kappa shape index (κ2) is 9.51. The zero-order valence-corrected chi connectivity index (χ0v) is 19.8. The highest BCUT2D eigenvalue weighted by atomic mass is 32.2. The molecule has 164 valence electrons. The highest BCUT2D eigenvalue weighted by Gasteiger charge is 2.27. The second-order valence-electron chi connectivity index (χ2n) is 7.99. The zero-order valence-electron chi connectivity index (χ0n) is 18.1. The maximum absolute atomic E-state index is 12.8. The number of benzene rings is 2. The third kappa shape index (κ3) is 4.84. The maximum atomic E-state index is 12.8. The molecule has 0 radical (unpaired) electrons. The fraction of sp³-hybridized carbons (Fsp3) is 0.375. The van der Waals surface area contributed by atoms with Gasteiger partial charge in [0.1, 0.15) is 0 Å². The Hall–Kier alpha value is -2.22. The van der Waals surface area contributed by atoms with Crippen LogP contribution in [0.5, 0.6) is 0 Å². The number of rotatable bonds is 7. The van der Waals surface area contributed by atoms with Gasteiger partial charge in [0.25, 0.3) is 0 Å². The Morgan fingerprint density at radius 3 is 2.32 bits per heavy atom. The van der Waals surface area contributed by atoms with Crippen molar-refractivity contribution >= 4 is 27.0 Å². The quantitative estimate of drug-likeness (QED) is 0.483. The number of unbranched alkanes of at least 4 members (excludes halogenated alkanes) is 1. The van der Waals surface area contributed by atoms with Crippen molar-refractivity contribution in [3.8, 4) is 11.3 Å². The van der Waals surface area contributed by atoms with E-state index in [4.69, 9.17) is 4.99 Å². The lowest BCUT2D eigenvalue weighted by Gasteiger charge is -2.16. The number of nitrogens with zero attached hydrogens (tertiary/aromatic N) is 3. The van der Waals surface area contributed by atoms with E-state index in [1.165, 1.54) is 5.56 Å². The van der Waals surface area contributed by atoms with Gasteiger partial charge >= 0.3 is 0 Å². The molecule has 0 aliphatic carbocycles. The predicted molar refractivity (Wildman–Crippen MR) is 127 cm³/mol. The van der Waals surface area contributed by atoms with Gasteiger partial charge in [-0.1, -0.05) is 43.2 Å². The predicted octanol–water partition coefficient (Wildman–Crippen LogP) is 5.34. The topological polar surface area (TPSA) is 54.7 Å². The molecule has 1 saturated heterocycles. The van der Waals surface area contributed by atoms with Crippen molar-refractivity contribution in [3.05, 3.63) is 64.3 Å². The molecule has 1 aromatic heterocycles. The minimum absolute atomic E-state index is 0.373. The number of hydrogen-bond donors (Lipinski definition) is 0. The van der Waals surface area contributed by atoms with E-state index in [0.29, 0.717) is 18.0 Å². The molecule has 7 heteroatoms. The Morgan fingerprint density at radius 1 is 1.00 bits per heavy atom. The first-order valence-electron chi connectivity index (χ1n) is 10.9. The lowest BCUT2D eigenvalue weighted by Crippen LogP contribution is -2.27. The van der Waals surface area contributed by atoms with E-state index in [1.54, 1.807) is 27.8 Å². The van der Waals surface area contributed by atoms with Gasteiger partial charge in [-0.05, 0) is 56.0 Å². The van der Waals surface area contributed by atoms with Crippen LogP contribution < -0.4 is 4.80 Å². The van der Waals surface area contributed by atoms with Gasteiger partial charge in [-0.25, -0.2) is 13.4 Å². The highest BCUT2D eigenvalue weighted by molar-refractivity contribution is 7.89. The molecule has 2 aromatic carbocycles. The molecule has 0 saturated carbocycles. The summed E-state index contributed by atoms with van der Waals surface area (Å²) in [6.45, 7) is 6.38. The molecule has 0 spiro atoms. The summed E-state index contributed by atoms with van der Waals surface area (Å²) in [6, 6.07) is 15.5. The molecular formula is C24H29N3O2S2. The smallest absolute Gasteiger partial charge is 0.243 e. The minimum Gasteiger partial charge on any atom is -0.316 e. The van der Waals surface area contributed by atoms with Crippen LogP contribution in [0.15, 0.2) is 63.8 Å².